The van der Waals surface area contributed by atoms with Crippen molar-refractivity contribution in [2.24, 2.45) is 22.9 Å². The summed E-state index contributed by atoms with van der Waals surface area (Å²) in [6, 6.07) is -0.456. The SMILES string of the molecule is CCN(CC1CCC(C)C1)C(=O)/C=C/C1C(C=N)C(c2cnc3c(F)cc(F)cn23)=NN1CC(F)(F)F. The zero-order chi connectivity index (χ0) is 26.9. The summed E-state index contributed by atoms with van der Waals surface area (Å²) in [5, 5.41) is 12.8. The highest BCUT2D eigenvalue weighted by molar-refractivity contribution is 6.10. The van der Waals surface area contributed by atoms with Crippen molar-refractivity contribution in [3.63, 3.8) is 0 Å². The Morgan fingerprint density at radius 1 is 1.30 bits per heavy atom. The molecule has 12 heteroatoms. The Balaban J connectivity index is 1.62. The molecule has 0 saturated heterocycles. The molecule has 2 aliphatic rings. The van der Waals surface area contributed by atoms with Crippen LogP contribution >= 0.6 is 0 Å². The molecule has 1 amide bonds. The van der Waals surface area contributed by atoms with Crippen LogP contribution in [0.5, 0.6) is 0 Å². The maximum absolute atomic E-state index is 14.2. The highest BCUT2D eigenvalue weighted by Crippen LogP contribution is 2.32. The summed E-state index contributed by atoms with van der Waals surface area (Å²) in [5.74, 6) is -2.19. The lowest BCUT2D eigenvalue weighted by molar-refractivity contribution is -0.147. The lowest BCUT2D eigenvalue weighted by Gasteiger charge is -2.26. The number of carbonyl (C=O) groups is 1. The van der Waals surface area contributed by atoms with E-state index in [9.17, 15) is 26.7 Å². The van der Waals surface area contributed by atoms with Crippen LogP contribution in [0.2, 0.25) is 0 Å². The van der Waals surface area contributed by atoms with Gasteiger partial charge in [0.1, 0.15) is 12.4 Å². The van der Waals surface area contributed by atoms with E-state index in [1.807, 2.05) is 6.92 Å². The van der Waals surface area contributed by atoms with Crippen molar-refractivity contribution in [1.82, 2.24) is 19.3 Å². The molecular formula is C25H29F5N6O. The number of rotatable bonds is 8. The van der Waals surface area contributed by atoms with Gasteiger partial charge in [-0.2, -0.15) is 18.3 Å². The van der Waals surface area contributed by atoms with E-state index in [2.05, 4.69) is 17.0 Å². The Bertz CT molecular complexity index is 1220. The fourth-order valence-electron chi connectivity index (χ4n) is 5.23. The van der Waals surface area contributed by atoms with Gasteiger partial charge >= 0.3 is 6.18 Å². The molecule has 0 bridgehead atoms. The summed E-state index contributed by atoms with van der Waals surface area (Å²) < 4.78 is 69.3. The van der Waals surface area contributed by atoms with Crippen LogP contribution in [-0.2, 0) is 4.79 Å². The Morgan fingerprint density at radius 2 is 2.05 bits per heavy atom. The Morgan fingerprint density at radius 3 is 2.68 bits per heavy atom. The summed E-state index contributed by atoms with van der Waals surface area (Å²) in [6.07, 6.45) is 4.16. The molecular weight excluding hydrogens is 495 g/mol. The third-order valence-electron chi connectivity index (χ3n) is 6.99. The molecule has 3 heterocycles. The number of alkyl halides is 3. The first kappa shape index (κ1) is 26.7. The maximum Gasteiger partial charge on any atom is 0.407 e. The third kappa shape index (κ3) is 5.83. The molecule has 2 aromatic rings. The number of hydrogen-bond acceptors (Lipinski definition) is 5. The van der Waals surface area contributed by atoms with E-state index in [-0.39, 0.29) is 23.0 Å². The molecule has 4 atom stereocenters. The summed E-state index contributed by atoms with van der Waals surface area (Å²) in [5.41, 5.74) is -0.174. The fraction of sp³-hybridized carbons (Fsp3) is 0.520. The van der Waals surface area contributed by atoms with Gasteiger partial charge in [0, 0.05) is 37.6 Å². The molecule has 0 spiro atoms. The number of pyridine rings is 1. The highest BCUT2D eigenvalue weighted by Gasteiger charge is 2.42. The summed E-state index contributed by atoms with van der Waals surface area (Å²) in [7, 11) is 0. The van der Waals surface area contributed by atoms with Crippen molar-refractivity contribution < 1.29 is 26.7 Å². The predicted molar refractivity (Wildman–Crippen MR) is 128 cm³/mol. The lowest BCUT2D eigenvalue weighted by Crippen LogP contribution is -2.39. The molecule has 1 saturated carbocycles. The van der Waals surface area contributed by atoms with Crippen LogP contribution < -0.4 is 0 Å². The first-order valence-electron chi connectivity index (χ1n) is 12.2. The van der Waals surface area contributed by atoms with E-state index in [1.165, 1.54) is 18.3 Å². The molecule has 1 N–H and O–H groups in total. The molecule has 0 radical (unpaired) electrons. The van der Waals surface area contributed by atoms with Crippen molar-refractivity contribution in [3.8, 4) is 0 Å². The monoisotopic (exact) mass is 524 g/mol. The molecule has 1 aliphatic carbocycles. The van der Waals surface area contributed by atoms with Crippen molar-refractivity contribution >= 4 is 23.5 Å². The molecule has 200 valence electrons. The number of likely N-dealkylation sites (N-methyl/N-ethyl adjacent to an activating group) is 1. The molecule has 1 aliphatic heterocycles. The second-order valence-corrected chi connectivity index (χ2v) is 9.74. The summed E-state index contributed by atoms with van der Waals surface area (Å²) in [6.45, 7) is 3.63. The van der Waals surface area contributed by atoms with Crippen LogP contribution in [0.15, 0.2) is 35.7 Å². The fourth-order valence-corrected chi connectivity index (χ4v) is 5.23. The zero-order valence-electron chi connectivity index (χ0n) is 20.6. The maximum atomic E-state index is 14.2. The van der Waals surface area contributed by atoms with Crippen molar-refractivity contribution in [1.29, 1.82) is 5.41 Å². The highest BCUT2D eigenvalue weighted by atomic mass is 19.4. The topological polar surface area (TPSA) is 77.1 Å². The zero-order valence-corrected chi connectivity index (χ0v) is 20.6. The van der Waals surface area contributed by atoms with E-state index in [1.54, 1.807) is 4.90 Å². The van der Waals surface area contributed by atoms with Gasteiger partial charge in [0.05, 0.1) is 29.6 Å². The van der Waals surface area contributed by atoms with Crippen molar-refractivity contribution in [2.75, 3.05) is 19.6 Å². The lowest BCUT2D eigenvalue weighted by atomic mass is 9.94. The van der Waals surface area contributed by atoms with Gasteiger partial charge in [0.15, 0.2) is 11.5 Å². The van der Waals surface area contributed by atoms with E-state index in [0.717, 1.165) is 41.1 Å². The number of fused-ring (bicyclic) bond motifs is 1. The van der Waals surface area contributed by atoms with Gasteiger partial charge < -0.3 is 10.3 Å². The minimum absolute atomic E-state index is 0.00820. The second kappa shape index (κ2) is 10.6. The minimum atomic E-state index is -4.62. The van der Waals surface area contributed by atoms with Crippen LogP contribution in [0.25, 0.3) is 5.65 Å². The number of halogens is 5. The standard InChI is InChI=1S/C25H29F5N6O/c1-3-34(12-16-5-4-15(2)8-16)22(37)7-6-20-18(10-31)23(33-36(20)14-25(28,29)30)21-11-32-24-19(27)9-17(26)13-35(21)24/h6-7,9-11,13,15-16,18,20,31H,3-5,8,12,14H2,1-2H3/b7-6+,31-10?. The van der Waals surface area contributed by atoms with Crippen LogP contribution in [0.1, 0.15) is 38.8 Å². The number of hydrogen-bond donors (Lipinski definition) is 1. The largest absolute Gasteiger partial charge is 0.407 e. The summed E-state index contributed by atoms with van der Waals surface area (Å²) in [4.78, 5) is 18.5. The van der Waals surface area contributed by atoms with Crippen LogP contribution in [0.3, 0.4) is 0 Å². The average Bonchev–Trinajstić information content (AvgIpc) is 3.51. The average molecular weight is 525 g/mol. The van der Waals surface area contributed by atoms with Crippen molar-refractivity contribution in [2.45, 2.75) is 45.3 Å². The van der Waals surface area contributed by atoms with Gasteiger partial charge in [-0.05, 0) is 31.6 Å². The van der Waals surface area contributed by atoms with Crippen LogP contribution in [0.4, 0.5) is 22.0 Å². The number of nitrogens with zero attached hydrogens (tertiary/aromatic N) is 5. The van der Waals surface area contributed by atoms with E-state index in [0.29, 0.717) is 31.0 Å². The molecule has 0 aromatic carbocycles. The number of aromatic nitrogens is 2. The third-order valence-corrected chi connectivity index (χ3v) is 6.99. The van der Waals surface area contributed by atoms with Crippen LogP contribution in [-0.4, -0.2) is 69.0 Å². The normalized spacial score (nSPS) is 24.3. The number of carbonyl (C=O) groups excluding carboxylic acids is 1. The number of imidazole rings is 1. The first-order valence-corrected chi connectivity index (χ1v) is 12.2. The molecule has 1 fully saturated rings. The Kier molecular flexibility index (Phi) is 7.65. The molecule has 7 nitrogen and oxygen atoms in total. The first-order chi connectivity index (χ1) is 17.5. The van der Waals surface area contributed by atoms with Gasteiger partial charge in [-0.1, -0.05) is 19.4 Å². The molecule has 37 heavy (non-hydrogen) atoms. The Labute approximate surface area is 211 Å². The number of hydrazone groups is 1. The predicted octanol–water partition coefficient (Wildman–Crippen LogP) is 4.67. The number of amides is 1. The van der Waals surface area contributed by atoms with E-state index >= 15 is 0 Å². The second-order valence-electron chi connectivity index (χ2n) is 9.74. The Hall–Kier alpha value is -3.31. The molecule has 2 aromatic heterocycles. The number of nitrogens with one attached hydrogen (secondary N) is 1. The van der Waals surface area contributed by atoms with Gasteiger partial charge in [-0.3, -0.25) is 14.2 Å². The minimum Gasteiger partial charge on any atom is -0.339 e. The van der Waals surface area contributed by atoms with Gasteiger partial charge in [0.25, 0.3) is 0 Å². The van der Waals surface area contributed by atoms with Gasteiger partial charge in [-0.15, -0.1) is 0 Å². The smallest absolute Gasteiger partial charge is 0.339 e. The van der Waals surface area contributed by atoms with Crippen LogP contribution in [0, 0.1) is 34.8 Å². The van der Waals surface area contributed by atoms with Crippen molar-refractivity contribution in [3.05, 3.63) is 47.9 Å². The van der Waals surface area contributed by atoms with E-state index < -0.39 is 36.3 Å². The van der Waals surface area contributed by atoms with E-state index in [4.69, 9.17) is 5.41 Å². The molecule has 4 unspecified atom stereocenters. The quantitative estimate of drug-likeness (QED) is 0.310. The summed E-state index contributed by atoms with van der Waals surface area (Å²) >= 11 is 0. The molecule has 4 rings (SSSR count). The van der Waals surface area contributed by atoms with Gasteiger partial charge in [-0.25, -0.2) is 13.8 Å². The van der Waals surface area contributed by atoms with Gasteiger partial charge in [0.2, 0.25) is 5.91 Å².